The van der Waals surface area contributed by atoms with E-state index in [-0.39, 0.29) is 35.6 Å². The average molecular weight is 438 g/mol. The van der Waals surface area contributed by atoms with Crippen molar-refractivity contribution in [3.05, 3.63) is 71.8 Å². The SMILES string of the molecule is COCCC(=O)NC[C@]1(c2ccccc2)CC[C@H]2[C@H](CC1)O[C@H](c1ccccc1)C[C@@H]2O. The first-order valence-corrected chi connectivity index (χ1v) is 11.8. The molecule has 5 atom stereocenters. The van der Waals surface area contributed by atoms with Gasteiger partial charge in [-0.3, -0.25) is 4.79 Å². The normalized spacial score (nSPS) is 30.2. The van der Waals surface area contributed by atoms with Gasteiger partial charge in [-0.25, -0.2) is 0 Å². The highest BCUT2D eigenvalue weighted by Crippen LogP contribution is 2.46. The van der Waals surface area contributed by atoms with Crippen molar-refractivity contribution in [2.75, 3.05) is 20.3 Å². The number of rotatable bonds is 7. The molecule has 0 bridgehead atoms. The minimum Gasteiger partial charge on any atom is -0.393 e. The van der Waals surface area contributed by atoms with Gasteiger partial charge in [-0.15, -0.1) is 0 Å². The summed E-state index contributed by atoms with van der Waals surface area (Å²) in [6.45, 7) is 1.02. The third-order valence-electron chi connectivity index (χ3n) is 7.34. The van der Waals surface area contributed by atoms with Crippen LogP contribution in [0.2, 0.25) is 0 Å². The van der Waals surface area contributed by atoms with E-state index in [0.29, 0.717) is 26.0 Å². The second kappa shape index (κ2) is 10.6. The van der Waals surface area contributed by atoms with Crippen LogP contribution < -0.4 is 5.32 Å². The Morgan fingerprint density at radius 2 is 1.78 bits per heavy atom. The molecule has 1 heterocycles. The topological polar surface area (TPSA) is 67.8 Å². The van der Waals surface area contributed by atoms with Gasteiger partial charge in [-0.1, -0.05) is 60.7 Å². The predicted molar refractivity (Wildman–Crippen MR) is 124 cm³/mol. The lowest BCUT2D eigenvalue weighted by Crippen LogP contribution is -2.41. The largest absolute Gasteiger partial charge is 0.393 e. The number of benzene rings is 2. The Labute approximate surface area is 191 Å². The van der Waals surface area contributed by atoms with Gasteiger partial charge >= 0.3 is 0 Å². The lowest BCUT2D eigenvalue weighted by molar-refractivity contribution is -0.139. The number of ether oxygens (including phenoxy) is 2. The standard InChI is InChI=1S/C27H35NO4/c1-31-17-14-26(30)28-19-27(21-10-6-3-7-11-21)15-12-22-23(29)18-25(32-24(22)13-16-27)20-8-4-2-5-9-20/h2-11,22-25,29H,12-19H2,1H3,(H,28,30)/t22-,23+,24+,25+,27+/m1/s1. The highest BCUT2D eigenvalue weighted by molar-refractivity contribution is 5.76. The number of nitrogens with one attached hydrogen (secondary N) is 1. The average Bonchev–Trinajstić information content (AvgIpc) is 3.03. The summed E-state index contributed by atoms with van der Waals surface area (Å²) in [7, 11) is 1.61. The lowest BCUT2D eigenvalue weighted by atomic mass is 9.73. The summed E-state index contributed by atoms with van der Waals surface area (Å²) in [5.74, 6) is 0.147. The molecule has 1 saturated carbocycles. The zero-order valence-electron chi connectivity index (χ0n) is 18.9. The third kappa shape index (κ3) is 5.22. The van der Waals surface area contributed by atoms with Crippen molar-refractivity contribution in [2.24, 2.45) is 5.92 Å². The van der Waals surface area contributed by atoms with Crippen molar-refractivity contribution in [2.45, 2.75) is 62.3 Å². The van der Waals surface area contributed by atoms with E-state index in [1.54, 1.807) is 7.11 Å². The summed E-state index contributed by atoms with van der Waals surface area (Å²) in [5, 5.41) is 14.2. The van der Waals surface area contributed by atoms with E-state index in [1.807, 2.05) is 24.3 Å². The van der Waals surface area contributed by atoms with Gasteiger partial charge in [-0.05, 0) is 36.8 Å². The molecule has 5 nitrogen and oxygen atoms in total. The fraction of sp³-hybridized carbons (Fsp3) is 0.519. The molecule has 0 unspecified atom stereocenters. The summed E-state index contributed by atoms with van der Waals surface area (Å²) in [6, 6.07) is 20.7. The maximum absolute atomic E-state index is 12.4. The molecule has 2 N–H and O–H groups in total. The number of aliphatic hydroxyl groups excluding tert-OH is 1. The number of carbonyl (C=O) groups is 1. The molecule has 1 saturated heterocycles. The molecule has 172 valence electrons. The number of aliphatic hydroxyl groups is 1. The summed E-state index contributed by atoms with van der Waals surface area (Å²) in [4.78, 5) is 12.4. The Morgan fingerprint density at radius 1 is 1.09 bits per heavy atom. The van der Waals surface area contributed by atoms with Crippen LogP contribution in [0.3, 0.4) is 0 Å². The van der Waals surface area contributed by atoms with Gasteiger partial charge in [-0.2, -0.15) is 0 Å². The fourth-order valence-corrected chi connectivity index (χ4v) is 5.45. The third-order valence-corrected chi connectivity index (χ3v) is 7.34. The molecular formula is C27H35NO4. The van der Waals surface area contributed by atoms with Crippen LogP contribution in [0.15, 0.2) is 60.7 Å². The minimum atomic E-state index is -0.373. The van der Waals surface area contributed by atoms with Crippen molar-refractivity contribution in [1.29, 1.82) is 0 Å². The highest BCUT2D eigenvalue weighted by atomic mass is 16.5. The van der Waals surface area contributed by atoms with E-state index >= 15 is 0 Å². The number of amides is 1. The quantitative estimate of drug-likeness (QED) is 0.683. The molecule has 32 heavy (non-hydrogen) atoms. The second-order valence-corrected chi connectivity index (χ2v) is 9.28. The molecule has 2 aliphatic rings. The van der Waals surface area contributed by atoms with Crippen LogP contribution in [0.1, 0.15) is 55.8 Å². The summed E-state index contributed by atoms with van der Waals surface area (Å²) < 4.78 is 11.6. The molecule has 2 aromatic carbocycles. The molecule has 1 aliphatic heterocycles. The van der Waals surface area contributed by atoms with Crippen molar-refractivity contribution in [1.82, 2.24) is 5.32 Å². The Bertz CT molecular complexity index is 858. The molecule has 1 amide bonds. The molecule has 5 heteroatoms. The van der Waals surface area contributed by atoms with E-state index in [1.165, 1.54) is 5.56 Å². The number of methoxy groups -OCH3 is 1. The van der Waals surface area contributed by atoms with Crippen molar-refractivity contribution >= 4 is 5.91 Å². The van der Waals surface area contributed by atoms with Crippen molar-refractivity contribution in [3.8, 4) is 0 Å². The van der Waals surface area contributed by atoms with E-state index in [2.05, 4.69) is 41.7 Å². The van der Waals surface area contributed by atoms with Gasteiger partial charge in [0.25, 0.3) is 0 Å². The lowest BCUT2D eigenvalue weighted by Gasteiger charge is -2.39. The molecule has 2 fully saturated rings. The first kappa shape index (κ1) is 23.0. The van der Waals surface area contributed by atoms with E-state index in [0.717, 1.165) is 31.2 Å². The van der Waals surface area contributed by atoms with E-state index in [9.17, 15) is 9.90 Å². The van der Waals surface area contributed by atoms with Crippen LogP contribution in [0.4, 0.5) is 0 Å². The van der Waals surface area contributed by atoms with E-state index in [4.69, 9.17) is 9.47 Å². The maximum Gasteiger partial charge on any atom is 0.222 e. The van der Waals surface area contributed by atoms with Gasteiger partial charge in [0.2, 0.25) is 5.91 Å². The zero-order valence-corrected chi connectivity index (χ0v) is 18.9. The maximum atomic E-state index is 12.4. The van der Waals surface area contributed by atoms with Crippen molar-refractivity contribution in [3.63, 3.8) is 0 Å². The van der Waals surface area contributed by atoms with Crippen LogP contribution in [-0.2, 0) is 19.7 Å². The predicted octanol–water partition coefficient (Wildman–Crippen LogP) is 4.16. The number of hydrogen-bond acceptors (Lipinski definition) is 4. The summed E-state index contributed by atoms with van der Waals surface area (Å²) in [5.41, 5.74) is 2.22. The van der Waals surface area contributed by atoms with Gasteiger partial charge in [0.1, 0.15) is 0 Å². The van der Waals surface area contributed by atoms with Gasteiger partial charge in [0.15, 0.2) is 0 Å². The van der Waals surface area contributed by atoms with Gasteiger partial charge in [0.05, 0.1) is 24.9 Å². The second-order valence-electron chi connectivity index (χ2n) is 9.28. The molecule has 4 rings (SSSR count). The summed E-state index contributed by atoms with van der Waals surface area (Å²) >= 11 is 0. The van der Waals surface area contributed by atoms with Gasteiger partial charge < -0.3 is 19.9 Å². The molecule has 0 spiro atoms. The fourth-order valence-electron chi connectivity index (χ4n) is 5.45. The van der Waals surface area contributed by atoms with Crippen LogP contribution in [-0.4, -0.2) is 43.5 Å². The summed E-state index contributed by atoms with van der Waals surface area (Å²) in [6.07, 6.45) is 4.18. The minimum absolute atomic E-state index is 0.0178. The molecular weight excluding hydrogens is 402 g/mol. The van der Waals surface area contributed by atoms with Gasteiger partial charge in [0, 0.05) is 37.8 Å². The first-order chi connectivity index (χ1) is 15.6. The Kier molecular flexibility index (Phi) is 7.61. The number of fused-ring (bicyclic) bond motifs is 1. The Hall–Kier alpha value is -2.21. The zero-order chi connectivity index (χ0) is 22.4. The van der Waals surface area contributed by atoms with Crippen LogP contribution >= 0.6 is 0 Å². The molecule has 0 aromatic heterocycles. The van der Waals surface area contributed by atoms with E-state index < -0.39 is 0 Å². The Morgan fingerprint density at radius 3 is 2.50 bits per heavy atom. The molecule has 0 radical (unpaired) electrons. The number of carbonyl (C=O) groups excluding carboxylic acids is 1. The first-order valence-electron chi connectivity index (χ1n) is 11.8. The van der Waals surface area contributed by atoms with Crippen LogP contribution in [0.25, 0.3) is 0 Å². The molecule has 2 aromatic rings. The van der Waals surface area contributed by atoms with Crippen molar-refractivity contribution < 1.29 is 19.4 Å². The monoisotopic (exact) mass is 437 g/mol. The molecule has 1 aliphatic carbocycles. The number of hydrogen-bond donors (Lipinski definition) is 2. The smallest absolute Gasteiger partial charge is 0.222 e. The highest BCUT2D eigenvalue weighted by Gasteiger charge is 2.44. The Balaban J connectivity index is 1.52. The van der Waals surface area contributed by atoms with Crippen LogP contribution in [0, 0.1) is 5.92 Å². The van der Waals surface area contributed by atoms with Crippen LogP contribution in [0.5, 0.6) is 0 Å².